The molecule has 4 nitrogen and oxygen atoms in total. The Balaban J connectivity index is 1.88. The van der Waals surface area contributed by atoms with Crippen LogP contribution in [-0.4, -0.2) is 32.7 Å². The second-order valence-corrected chi connectivity index (χ2v) is 9.16. The fraction of sp³-hybridized carbons (Fsp3) is 0.556. The Labute approximate surface area is 142 Å². The van der Waals surface area contributed by atoms with E-state index in [1.807, 2.05) is 17.8 Å². The van der Waals surface area contributed by atoms with Gasteiger partial charge in [-0.05, 0) is 44.1 Å². The van der Waals surface area contributed by atoms with Gasteiger partial charge in [0, 0.05) is 15.0 Å². The molecule has 2 aromatic rings. The number of hydrogen-bond donors (Lipinski definition) is 1. The van der Waals surface area contributed by atoms with Crippen LogP contribution in [0.15, 0.2) is 23.1 Å². The lowest BCUT2D eigenvalue weighted by atomic mass is 10.1. The second-order valence-electron chi connectivity index (χ2n) is 7.26. The van der Waals surface area contributed by atoms with Gasteiger partial charge in [-0.15, -0.1) is 11.8 Å². The van der Waals surface area contributed by atoms with Crippen molar-refractivity contribution in [3.8, 4) is 0 Å². The van der Waals surface area contributed by atoms with Crippen LogP contribution in [0.25, 0.3) is 10.9 Å². The summed E-state index contributed by atoms with van der Waals surface area (Å²) in [6.07, 6.45) is 3.88. The standard InChI is InChI=1S/C18H26N4S/c1-18(2,3)23-13-7-8-14-15(11-13)20-16(21-17(14)19)12-22-9-5-4-6-10-22/h7-8,11H,4-6,9-10,12H2,1-3H3,(H2,19,20,21). The van der Waals surface area contributed by atoms with E-state index in [1.165, 1.54) is 24.2 Å². The highest BCUT2D eigenvalue weighted by Crippen LogP contribution is 2.33. The first kappa shape index (κ1) is 16.5. The molecular weight excluding hydrogens is 304 g/mol. The third-order valence-electron chi connectivity index (χ3n) is 3.98. The van der Waals surface area contributed by atoms with Gasteiger partial charge in [-0.25, -0.2) is 9.97 Å². The summed E-state index contributed by atoms with van der Waals surface area (Å²) in [5.74, 6) is 1.43. The number of thioether (sulfide) groups is 1. The molecule has 0 amide bonds. The lowest BCUT2D eigenvalue weighted by Gasteiger charge is -2.25. The quantitative estimate of drug-likeness (QED) is 0.859. The molecule has 1 aromatic carbocycles. The predicted molar refractivity (Wildman–Crippen MR) is 98.7 cm³/mol. The van der Waals surface area contributed by atoms with Crippen LogP contribution in [0, 0.1) is 0 Å². The number of nitrogen functional groups attached to an aromatic ring is 1. The number of nitrogens with zero attached hydrogens (tertiary/aromatic N) is 3. The van der Waals surface area contributed by atoms with Gasteiger partial charge in [-0.1, -0.05) is 27.2 Å². The van der Waals surface area contributed by atoms with E-state index in [4.69, 9.17) is 10.7 Å². The summed E-state index contributed by atoms with van der Waals surface area (Å²) in [4.78, 5) is 12.9. The van der Waals surface area contributed by atoms with Crippen molar-refractivity contribution >= 4 is 28.5 Å². The van der Waals surface area contributed by atoms with Crippen molar-refractivity contribution in [2.24, 2.45) is 0 Å². The van der Waals surface area contributed by atoms with E-state index in [0.717, 1.165) is 36.4 Å². The average molecular weight is 331 g/mol. The van der Waals surface area contributed by atoms with Crippen molar-refractivity contribution in [2.75, 3.05) is 18.8 Å². The Bertz CT molecular complexity index is 687. The minimum atomic E-state index is 0.183. The molecule has 0 saturated carbocycles. The zero-order valence-electron chi connectivity index (χ0n) is 14.3. The van der Waals surface area contributed by atoms with E-state index in [9.17, 15) is 0 Å². The summed E-state index contributed by atoms with van der Waals surface area (Å²) in [5.41, 5.74) is 7.12. The highest BCUT2D eigenvalue weighted by Gasteiger charge is 2.15. The molecular formula is C18H26N4S. The molecule has 1 aliphatic rings. The lowest BCUT2D eigenvalue weighted by Crippen LogP contribution is -2.30. The zero-order chi connectivity index (χ0) is 16.4. The molecule has 0 bridgehead atoms. The highest BCUT2D eigenvalue weighted by molar-refractivity contribution is 8.00. The maximum atomic E-state index is 6.16. The lowest BCUT2D eigenvalue weighted by molar-refractivity contribution is 0.216. The van der Waals surface area contributed by atoms with Gasteiger partial charge in [0.15, 0.2) is 0 Å². The van der Waals surface area contributed by atoms with Gasteiger partial charge < -0.3 is 5.73 Å². The minimum absolute atomic E-state index is 0.183. The van der Waals surface area contributed by atoms with Gasteiger partial charge in [-0.3, -0.25) is 4.90 Å². The molecule has 2 N–H and O–H groups in total. The first-order chi connectivity index (χ1) is 10.9. The molecule has 1 aromatic heterocycles. The number of aromatic nitrogens is 2. The molecule has 1 fully saturated rings. The van der Waals surface area contributed by atoms with Crippen molar-refractivity contribution in [3.63, 3.8) is 0 Å². The molecule has 3 rings (SSSR count). The van der Waals surface area contributed by atoms with Crippen LogP contribution in [0.2, 0.25) is 0 Å². The van der Waals surface area contributed by atoms with Crippen LogP contribution in [0.4, 0.5) is 5.82 Å². The molecule has 2 heterocycles. The van der Waals surface area contributed by atoms with E-state index in [0.29, 0.717) is 5.82 Å². The van der Waals surface area contributed by atoms with E-state index in [-0.39, 0.29) is 4.75 Å². The molecule has 5 heteroatoms. The highest BCUT2D eigenvalue weighted by atomic mass is 32.2. The van der Waals surface area contributed by atoms with Crippen molar-refractivity contribution in [1.29, 1.82) is 0 Å². The van der Waals surface area contributed by atoms with Crippen LogP contribution < -0.4 is 5.73 Å². The van der Waals surface area contributed by atoms with Crippen LogP contribution >= 0.6 is 11.8 Å². The molecule has 1 aliphatic heterocycles. The van der Waals surface area contributed by atoms with Crippen LogP contribution in [-0.2, 0) is 6.54 Å². The van der Waals surface area contributed by atoms with Crippen molar-refractivity contribution in [2.45, 2.75) is 56.2 Å². The molecule has 0 spiro atoms. The van der Waals surface area contributed by atoms with Gasteiger partial charge in [0.1, 0.15) is 11.6 Å². The molecule has 124 valence electrons. The van der Waals surface area contributed by atoms with Crippen molar-refractivity contribution < 1.29 is 0 Å². The fourth-order valence-corrected chi connectivity index (χ4v) is 4.00. The summed E-state index contributed by atoms with van der Waals surface area (Å²) in [6.45, 7) is 9.74. The van der Waals surface area contributed by atoms with Gasteiger partial charge in [0.05, 0.1) is 12.1 Å². The Morgan fingerprint density at radius 3 is 2.57 bits per heavy atom. The maximum Gasteiger partial charge on any atom is 0.145 e. The summed E-state index contributed by atoms with van der Waals surface area (Å²) in [7, 11) is 0. The summed E-state index contributed by atoms with van der Waals surface area (Å²) in [6, 6.07) is 6.30. The molecule has 0 atom stereocenters. The predicted octanol–water partition coefficient (Wildman–Crippen LogP) is 4.09. The van der Waals surface area contributed by atoms with E-state index >= 15 is 0 Å². The summed E-state index contributed by atoms with van der Waals surface area (Å²) in [5, 5.41) is 0.950. The number of benzene rings is 1. The van der Waals surface area contributed by atoms with Gasteiger partial charge in [0.2, 0.25) is 0 Å². The van der Waals surface area contributed by atoms with Crippen LogP contribution in [0.5, 0.6) is 0 Å². The van der Waals surface area contributed by atoms with E-state index in [1.54, 1.807) is 0 Å². The maximum absolute atomic E-state index is 6.16. The fourth-order valence-electron chi connectivity index (χ4n) is 2.99. The number of hydrogen-bond acceptors (Lipinski definition) is 5. The minimum Gasteiger partial charge on any atom is -0.383 e. The average Bonchev–Trinajstić information content (AvgIpc) is 2.46. The molecule has 1 saturated heterocycles. The van der Waals surface area contributed by atoms with Crippen LogP contribution in [0.1, 0.15) is 45.9 Å². The molecule has 0 unspecified atom stereocenters. The number of fused-ring (bicyclic) bond motifs is 1. The number of anilines is 1. The number of piperidine rings is 1. The SMILES string of the molecule is CC(C)(C)Sc1ccc2c(N)nc(CN3CCCCC3)nc2c1. The van der Waals surface area contributed by atoms with E-state index < -0.39 is 0 Å². The summed E-state index contributed by atoms with van der Waals surface area (Å²) >= 11 is 1.85. The third kappa shape index (κ3) is 4.36. The normalized spacial score (nSPS) is 16.8. The Morgan fingerprint density at radius 1 is 1.13 bits per heavy atom. The monoisotopic (exact) mass is 330 g/mol. The number of nitrogens with two attached hydrogens (primary N) is 1. The largest absolute Gasteiger partial charge is 0.383 e. The van der Waals surface area contributed by atoms with Gasteiger partial charge in [-0.2, -0.15) is 0 Å². The second kappa shape index (κ2) is 6.65. The van der Waals surface area contributed by atoms with Crippen molar-refractivity contribution in [1.82, 2.24) is 14.9 Å². The van der Waals surface area contributed by atoms with Crippen molar-refractivity contribution in [3.05, 3.63) is 24.0 Å². The molecule has 23 heavy (non-hydrogen) atoms. The van der Waals surface area contributed by atoms with Gasteiger partial charge >= 0.3 is 0 Å². The van der Waals surface area contributed by atoms with E-state index in [2.05, 4.69) is 42.8 Å². The number of rotatable bonds is 3. The Kier molecular flexibility index (Phi) is 4.78. The number of likely N-dealkylation sites (tertiary alicyclic amines) is 1. The third-order valence-corrected chi connectivity index (χ3v) is 5.08. The Morgan fingerprint density at radius 2 is 1.87 bits per heavy atom. The summed E-state index contributed by atoms with van der Waals surface area (Å²) < 4.78 is 0.183. The smallest absolute Gasteiger partial charge is 0.145 e. The first-order valence-corrected chi connectivity index (χ1v) is 9.20. The molecule has 0 radical (unpaired) electrons. The Hall–Kier alpha value is -1.33. The topological polar surface area (TPSA) is 55.0 Å². The van der Waals surface area contributed by atoms with Crippen LogP contribution in [0.3, 0.4) is 0 Å². The van der Waals surface area contributed by atoms with Gasteiger partial charge in [0.25, 0.3) is 0 Å². The molecule has 0 aliphatic carbocycles. The zero-order valence-corrected chi connectivity index (χ0v) is 15.1. The first-order valence-electron chi connectivity index (χ1n) is 8.38.